The molecule has 1 saturated heterocycles. The monoisotopic (exact) mass is 457 g/mol. The number of primary amides is 1. The fraction of sp³-hybridized carbons (Fsp3) is 0.273. The van der Waals surface area contributed by atoms with Gasteiger partial charge >= 0.3 is 0 Å². The average Bonchev–Trinajstić information content (AvgIpc) is 3.28. The number of hydrogen-bond donors (Lipinski definition) is 1. The molecule has 0 atom stereocenters. The van der Waals surface area contributed by atoms with Gasteiger partial charge in [-0.15, -0.1) is 11.3 Å². The molecule has 0 bridgehead atoms. The highest BCUT2D eigenvalue weighted by Gasteiger charge is 2.25. The first-order chi connectivity index (χ1) is 14.9. The molecule has 162 valence electrons. The highest BCUT2D eigenvalue weighted by atomic mass is 32.2. The van der Waals surface area contributed by atoms with Crippen LogP contribution in [0.25, 0.3) is 10.6 Å². The molecule has 2 heterocycles. The zero-order chi connectivity index (χ0) is 21.8. The number of rotatable bonds is 7. The number of nitrogens with two attached hydrogens (primary N) is 1. The summed E-state index contributed by atoms with van der Waals surface area (Å²) in [7, 11) is -3.44. The molecule has 0 saturated carbocycles. The Balaban J connectivity index is 1.38. The Kier molecular flexibility index (Phi) is 6.35. The number of hydrogen-bond acceptors (Lipinski definition) is 6. The van der Waals surface area contributed by atoms with Crippen LogP contribution in [0.4, 0.5) is 0 Å². The Labute approximate surface area is 185 Å². The van der Waals surface area contributed by atoms with E-state index in [1.54, 1.807) is 40.7 Å². The molecule has 2 N–H and O–H groups in total. The first kappa shape index (κ1) is 21.5. The summed E-state index contributed by atoms with van der Waals surface area (Å²) < 4.78 is 32.8. The number of aromatic nitrogens is 1. The summed E-state index contributed by atoms with van der Waals surface area (Å²) in [6.07, 6.45) is 2.90. The minimum absolute atomic E-state index is 0.272. The van der Waals surface area contributed by atoms with Crippen LogP contribution < -0.4 is 10.5 Å². The van der Waals surface area contributed by atoms with Crippen LogP contribution in [0, 0.1) is 0 Å². The van der Waals surface area contributed by atoms with Gasteiger partial charge in [-0.05, 0) is 49.2 Å². The fourth-order valence-electron chi connectivity index (χ4n) is 3.40. The van der Waals surface area contributed by atoms with Crippen molar-refractivity contribution in [2.45, 2.75) is 30.8 Å². The average molecular weight is 458 g/mol. The number of sulfonamides is 1. The predicted molar refractivity (Wildman–Crippen MR) is 119 cm³/mol. The zero-order valence-corrected chi connectivity index (χ0v) is 18.5. The van der Waals surface area contributed by atoms with E-state index in [4.69, 9.17) is 10.5 Å². The summed E-state index contributed by atoms with van der Waals surface area (Å²) in [5.74, 6) is 0.118. The maximum Gasteiger partial charge on any atom is 0.248 e. The molecule has 0 radical (unpaired) electrons. The third kappa shape index (κ3) is 4.95. The van der Waals surface area contributed by atoms with Gasteiger partial charge in [-0.3, -0.25) is 4.79 Å². The lowest BCUT2D eigenvalue weighted by Crippen LogP contribution is -2.35. The van der Waals surface area contributed by atoms with Gasteiger partial charge in [0.15, 0.2) is 0 Å². The lowest BCUT2D eigenvalue weighted by Gasteiger charge is -2.25. The number of carbonyl (C=O) groups is 1. The van der Waals surface area contributed by atoms with E-state index in [9.17, 15) is 13.2 Å². The molecular weight excluding hydrogens is 434 g/mol. The van der Waals surface area contributed by atoms with Gasteiger partial charge in [-0.2, -0.15) is 4.31 Å². The summed E-state index contributed by atoms with van der Waals surface area (Å²) in [4.78, 5) is 16.0. The van der Waals surface area contributed by atoms with Gasteiger partial charge < -0.3 is 10.5 Å². The summed E-state index contributed by atoms with van der Waals surface area (Å²) in [5, 5.41) is 2.73. The normalized spacial score (nSPS) is 15.0. The van der Waals surface area contributed by atoms with Gasteiger partial charge in [0.2, 0.25) is 15.9 Å². The highest BCUT2D eigenvalue weighted by Crippen LogP contribution is 2.26. The van der Waals surface area contributed by atoms with E-state index < -0.39 is 15.9 Å². The molecule has 4 rings (SSSR count). The van der Waals surface area contributed by atoms with Crippen LogP contribution in [0.1, 0.15) is 35.3 Å². The predicted octanol–water partition coefficient (Wildman–Crippen LogP) is 3.66. The van der Waals surface area contributed by atoms with Gasteiger partial charge in [0.25, 0.3) is 0 Å². The maximum atomic E-state index is 12.7. The molecule has 2 aromatic carbocycles. The Morgan fingerprint density at radius 2 is 1.71 bits per heavy atom. The summed E-state index contributed by atoms with van der Waals surface area (Å²) >= 11 is 1.48. The standard InChI is InChI=1S/C22H23N3O4S2/c23-21(26)16-4-6-17(7-5-16)22-24-18(15-30-22)14-29-19-8-10-20(11-9-19)31(27,28)25-12-2-1-3-13-25/h4-11,15H,1-3,12-14H2,(H2,23,26). The quantitative estimate of drug-likeness (QED) is 0.583. The van der Waals surface area contributed by atoms with Crippen molar-refractivity contribution >= 4 is 27.3 Å². The molecule has 1 aromatic heterocycles. The van der Waals surface area contributed by atoms with E-state index in [0.717, 1.165) is 35.5 Å². The van der Waals surface area contributed by atoms with Gasteiger partial charge in [0.1, 0.15) is 17.4 Å². The first-order valence-electron chi connectivity index (χ1n) is 10.0. The number of carbonyl (C=O) groups excluding carboxylic acids is 1. The molecule has 31 heavy (non-hydrogen) atoms. The number of nitrogens with zero attached hydrogens (tertiary/aromatic N) is 2. The van der Waals surface area contributed by atoms with Crippen molar-refractivity contribution in [1.29, 1.82) is 0 Å². The third-order valence-electron chi connectivity index (χ3n) is 5.13. The van der Waals surface area contributed by atoms with Crippen molar-refractivity contribution in [2.75, 3.05) is 13.1 Å². The van der Waals surface area contributed by atoms with E-state index >= 15 is 0 Å². The van der Waals surface area contributed by atoms with E-state index in [2.05, 4.69) is 4.98 Å². The Morgan fingerprint density at radius 1 is 1.03 bits per heavy atom. The van der Waals surface area contributed by atoms with E-state index in [1.165, 1.54) is 11.3 Å². The number of benzene rings is 2. The minimum atomic E-state index is -3.44. The second-order valence-electron chi connectivity index (χ2n) is 7.31. The molecule has 1 aliphatic rings. The first-order valence-corrected chi connectivity index (χ1v) is 12.3. The molecule has 1 fully saturated rings. The number of ether oxygens (including phenoxy) is 1. The van der Waals surface area contributed by atoms with Crippen LogP contribution in [0.3, 0.4) is 0 Å². The topological polar surface area (TPSA) is 103 Å². The largest absolute Gasteiger partial charge is 0.487 e. The second kappa shape index (κ2) is 9.17. The smallest absolute Gasteiger partial charge is 0.248 e. The number of piperidine rings is 1. The van der Waals surface area contributed by atoms with Crippen molar-refractivity contribution in [3.8, 4) is 16.3 Å². The minimum Gasteiger partial charge on any atom is -0.487 e. The van der Waals surface area contributed by atoms with Gasteiger partial charge in [-0.1, -0.05) is 18.6 Å². The molecule has 7 nitrogen and oxygen atoms in total. The van der Waals surface area contributed by atoms with Crippen LogP contribution in [0.15, 0.2) is 58.8 Å². The van der Waals surface area contributed by atoms with Crippen molar-refractivity contribution in [3.63, 3.8) is 0 Å². The second-order valence-corrected chi connectivity index (χ2v) is 10.1. The summed E-state index contributed by atoms with van der Waals surface area (Å²) in [5.41, 5.74) is 7.39. The number of thiazole rings is 1. The van der Waals surface area contributed by atoms with Crippen LogP contribution in [0.2, 0.25) is 0 Å². The fourth-order valence-corrected chi connectivity index (χ4v) is 5.73. The summed E-state index contributed by atoms with van der Waals surface area (Å²) in [6.45, 7) is 1.43. The highest BCUT2D eigenvalue weighted by molar-refractivity contribution is 7.89. The SMILES string of the molecule is NC(=O)c1ccc(-c2nc(COc3ccc(S(=O)(=O)N4CCCCC4)cc3)cs2)cc1. The molecular formula is C22H23N3O4S2. The van der Waals surface area contributed by atoms with E-state index in [-0.39, 0.29) is 11.5 Å². The number of amides is 1. The zero-order valence-electron chi connectivity index (χ0n) is 16.9. The van der Waals surface area contributed by atoms with Crippen LogP contribution >= 0.6 is 11.3 Å². The molecule has 0 aliphatic carbocycles. The van der Waals surface area contributed by atoms with Crippen molar-refractivity contribution in [1.82, 2.24) is 9.29 Å². The van der Waals surface area contributed by atoms with Crippen LogP contribution in [0.5, 0.6) is 5.75 Å². The lowest BCUT2D eigenvalue weighted by molar-refractivity contribution is 0.100. The van der Waals surface area contributed by atoms with Crippen LogP contribution in [-0.2, 0) is 16.6 Å². The van der Waals surface area contributed by atoms with E-state index in [0.29, 0.717) is 24.4 Å². The van der Waals surface area contributed by atoms with Crippen LogP contribution in [-0.4, -0.2) is 36.7 Å². The maximum absolute atomic E-state index is 12.7. The Morgan fingerprint density at radius 3 is 2.35 bits per heavy atom. The molecule has 1 amide bonds. The van der Waals surface area contributed by atoms with Crippen molar-refractivity contribution in [3.05, 3.63) is 65.2 Å². The molecule has 0 unspecified atom stereocenters. The third-order valence-corrected chi connectivity index (χ3v) is 7.98. The molecule has 9 heteroatoms. The van der Waals surface area contributed by atoms with Gasteiger partial charge in [-0.25, -0.2) is 13.4 Å². The Bertz CT molecular complexity index is 1150. The van der Waals surface area contributed by atoms with E-state index in [1.807, 2.05) is 17.5 Å². The van der Waals surface area contributed by atoms with Crippen molar-refractivity contribution < 1.29 is 17.9 Å². The van der Waals surface area contributed by atoms with Gasteiger partial charge in [0, 0.05) is 29.6 Å². The Hall–Kier alpha value is -2.75. The van der Waals surface area contributed by atoms with Crippen molar-refractivity contribution in [2.24, 2.45) is 5.73 Å². The molecule has 0 spiro atoms. The van der Waals surface area contributed by atoms with Gasteiger partial charge in [0.05, 0.1) is 10.6 Å². The summed E-state index contributed by atoms with van der Waals surface area (Å²) in [6, 6.07) is 13.5. The molecule has 1 aliphatic heterocycles. The lowest BCUT2D eigenvalue weighted by atomic mass is 10.1. The molecule has 3 aromatic rings.